The summed E-state index contributed by atoms with van der Waals surface area (Å²) in [6.45, 7) is 6.58. The third-order valence-corrected chi connectivity index (χ3v) is 4.98. The molecule has 0 atom stereocenters. The zero-order valence-corrected chi connectivity index (χ0v) is 16.0. The third-order valence-electron chi connectivity index (χ3n) is 4.98. The average Bonchev–Trinajstić information content (AvgIpc) is 3.06. The lowest BCUT2D eigenvalue weighted by molar-refractivity contribution is 0.410. The van der Waals surface area contributed by atoms with Gasteiger partial charge in [0, 0.05) is 31.5 Å². The molecule has 0 amide bonds. The molecule has 3 rings (SSSR count). The molecule has 2 N–H and O–H groups in total. The monoisotopic (exact) mass is 353 g/mol. The summed E-state index contributed by atoms with van der Waals surface area (Å²) in [6, 6.07) is 9.24. The molecule has 0 unspecified atom stereocenters. The van der Waals surface area contributed by atoms with Crippen LogP contribution in [0.4, 0.5) is 0 Å². The number of aromatic nitrogens is 2. The van der Waals surface area contributed by atoms with E-state index in [2.05, 4.69) is 51.4 Å². The fraction of sp³-hybridized carbons (Fsp3) is 0.524. The second-order valence-electron chi connectivity index (χ2n) is 7.10. The summed E-state index contributed by atoms with van der Waals surface area (Å²) in [5, 5.41) is 7.00. The van der Waals surface area contributed by atoms with Gasteiger partial charge in [-0.25, -0.2) is 9.98 Å². The molecule has 1 saturated carbocycles. The molecule has 5 nitrogen and oxygen atoms in total. The smallest absolute Gasteiger partial charge is 0.191 e. The molecule has 1 aliphatic carbocycles. The van der Waals surface area contributed by atoms with Crippen LogP contribution in [0.1, 0.15) is 56.0 Å². The highest BCUT2D eigenvalue weighted by atomic mass is 15.2. The summed E-state index contributed by atoms with van der Waals surface area (Å²) in [7, 11) is 0. The number of hydrogen-bond acceptors (Lipinski definition) is 2. The fourth-order valence-electron chi connectivity index (χ4n) is 3.52. The minimum absolute atomic E-state index is 0.567. The first-order valence-corrected chi connectivity index (χ1v) is 9.85. The van der Waals surface area contributed by atoms with Crippen LogP contribution in [0.25, 0.3) is 0 Å². The molecular weight excluding hydrogens is 322 g/mol. The van der Waals surface area contributed by atoms with Gasteiger partial charge in [0.2, 0.25) is 0 Å². The van der Waals surface area contributed by atoms with Gasteiger partial charge in [-0.15, -0.1) is 0 Å². The highest BCUT2D eigenvalue weighted by Crippen LogP contribution is 2.17. The molecule has 1 aliphatic rings. The van der Waals surface area contributed by atoms with Crippen molar-refractivity contribution >= 4 is 5.96 Å². The highest BCUT2D eigenvalue weighted by Gasteiger charge is 2.14. The first-order valence-electron chi connectivity index (χ1n) is 9.85. The minimum Gasteiger partial charge on any atom is -0.357 e. The van der Waals surface area contributed by atoms with E-state index >= 15 is 0 Å². The van der Waals surface area contributed by atoms with Crippen molar-refractivity contribution in [3.8, 4) is 0 Å². The molecule has 26 heavy (non-hydrogen) atoms. The number of nitrogens with one attached hydrogen (secondary N) is 2. The van der Waals surface area contributed by atoms with Crippen LogP contribution in [0.2, 0.25) is 0 Å². The Labute approximate surface area is 156 Å². The molecule has 1 aromatic carbocycles. The zero-order valence-electron chi connectivity index (χ0n) is 16.0. The predicted molar refractivity (Wildman–Crippen MR) is 107 cm³/mol. The maximum Gasteiger partial charge on any atom is 0.191 e. The number of guanidine groups is 1. The van der Waals surface area contributed by atoms with Gasteiger partial charge in [-0.05, 0) is 37.8 Å². The number of nitrogens with zero attached hydrogens (tertiary/aromatic N) is 3. The summed E-state index contributed by atoms with van der Waals surface area (Å²) >= 11 is 0. The van der Waals surface area contributed by atoms with Crippen molar-refractivity contribution < 1.29 is 0 Å². The van der Waals surface area contributed by atoms with Crippen LogP contribution in [0.3, 0.4) is 0 Å². The first kappa shape index (κ1) is 18.5. The Bertz CT molecular complexity index is 713. The molecule has 0 radical (unpaired) electrons. The second kappa shape index (κ2) is 9.41. The van der Waals surface area contributed by atoms with Crippen LogP contribution < -0.4 is 10.6 Å². The maximum absolute atomic E-state index is 4.81. The van der Waals surface area contributed by atoms with Crippen LogP contribution in [-0.2, 0) is 13.1 Å². The summed E-state index contributed by atoms with van der Waals surface area (Å²) in [4.78, 5) is 9.10. The molecule has 1 aromatic heterocycles. The first-order chi connectivity index (χ1) is 12.7. The number of benzene rings is 1. The lowest BCUT2D eigenvalue weighted by atomic mass is 9.96. The van der Waals surface area contributed by atoms with E-state index in [-0.39, 0.29) is 0 Å². The number of imidazole rings is 1. The Hall–Kier alpha value is -2.30. The number of aliphatic imine (C=N–C) groups is 1. The molecule has 0 aliphatic heterocycles. The van der Waals surface area contributed by atoms with Crippen molar-refractivity contribution in [1.82, 2.24) is 20.2 Å². The Morgan fingerprint density at radius 3 is 2.77 bits per heavy atom. The minimum atomic E-state index is 0.567. The lowest BCUT2D eigenvalue weighted by Gasteiger charge is -2.24. The van der Waals surface area contributed by atoms with Crippen molar-refractivity contribution in [3.63, 3.8) is 0 Å². The van der Waals surface area contributed by atoms with Crippen LogP contribution in [-0.4, -0.2) is 28.1 Å². The predicted octanol–water partition coefficient (Wildman–Crippen LogP) is 3.63. The van der Waals surface area contributed by atoms with Gasteiger partial charge in [0.15, 0.2) is 5.96 Å². The van der Waals surface area contributed by atoms with Gasteiger partial charge in [-0.3, -0.25) is 0 Å². The van der Waals surface area contributed by atoms with Gasteiger partial charge in [0.05, 0.1) is 6.54 Å². The lowest BCUT2D eigenvalue weighted by Crippen LogP contribution is -2.44. The summed E-state index contributed by atoms with van der Waals surface area (Å²) in [6.07, 6.45) is 10.4. The standard InChI is InChI=1S/C21H31N5/c1-3-22-21(25-20-10-5-4-6-11-20)24-15-18-8-7-9-19(14-18)16-26-13-12-23-17(26)2/h7-9,12-14,20H,3-6,10-11,15-16H2,1-2H3,(H2,22,24,25). The molecule has 5 heteroatoms. The number of rotatable bonds is 6. The molecule has 140 valence electrons. The number of aryl methyl sites for hydroxylation is 1. The third kappa shape index (κ3) is 5.35. The van der Waals surface area contributed by atoms with Crippen molar-refractivity contribution in [2.75, 3.05) is 6.54 Å². The van der Waals surface area contributed by atoms with E-state index in [0.29, 0.717) is 12.6 Å². The molecule has 1 fully saturated rings. The Morgan fingerprint density at radius 2 is 2.04 bits per heavy atom. The van der Waals surface area contributed by atoms with E-state index in [0.717, 1.165) is 24.9 Å². The molecule has 0 saturated heterocycles. The molecule has 1 heterocycles. The molecule has 2 aromatic rings. The van der Waals surface area contributed by atoms with Crippen LogP contribution in [0.5, 0.6) is 0 Å². The van der Waals surface area contributed by atoms with Gasteiger partial charge in [-0.1, -0.05) is 43.5 Å². The van der Waals surface area contributed by atoms with Crippen molar-refractivity contribution in [2.45, 2.75) is 65.1 Å². The van der Waals surface area contributed by atoms with Crippen molar-refractivity contribution in [1.29, 1.82) is 0 Å². The van der Waals surface area contributed by atoms with Crippen molar-refractivity contribution in [3.05, 3.63) is 53.6 Å². The van der Waals surface area contributed by atoms with E-state index in [1.54, 1.807) is 0 Å². The van der Waals surface area contributed by atoms with Gasteiger partial charge in [0.25, 0.3) is 0 Å². The Morgan fingerprint density at radius 1 is 1.23 bits per heavy atom. The van der Waals surface area contributed by atoms with Gasteiger partial charge in [0.1, 0.15) is 5.82 Å². The maximum atomic E-state index is 4.81. The van der Waals surface area contributed by atoms with E-state index in [4.69, 9.17) is 4.99 Å². The zero-order chi connectivity index (χ0) is 18.2. The normalized spacial score (nSPS) is 15.8. The topological polar surface area (TPSA) is 54.2 Å². The largest absolute Gasteiger partial charge is 0.357 e. The summed E-state index contributed by atoms with van der Waals surface area (Å²) in [5.41, 5.74) is 2.52. The van der Waals surface area contributed by atoms with Gasteiger partial charge >= 0.3 is 0 Å². The van der Waals surface area contributed by atoms with E-state index in [9.17, 15) is 0 Å². The van der Waals surface area contributed by atoms with Crippen LogP contribution >= 0.6 is 0 Å². The molecule has 0 spiro atoms. The Kier molecular flexibility index (Phi) is 6.69. The van der Waals surface area contributed by atoms with Crippen LogP contribution in [0.15, 0.2) is 41.7 Å². The number of hydrogen-bond donors (Lipinski definition) is 2. The fourth-order valence-corrected chi connectivity index (χ4v) is 3.52. The van der Waals surface area contributed by atoms with E-state index in [1.165, 1.54) is 43.2 Å². The van der Waals surface area contributed by atoms with E-state index in [1.807, 2.05) is 19.3 Å². The van der Waals surface area contributed by atoms with E-state index < -0.39 is 0 Å². The van der Waals surface area contributed by atoms with Crippen molar-refractivity contribution in [2.24, 2.45) is 4.99 Å². The molecular formula is C21H31N5. The van der Waals surface area contributed by atoms with Crippen LogP contribution in [0, 0.1) is 6.92 Å². The summed E-state index contributed by atoms with van der Waals surface area (Å²) in [5.74, 6) is 1.98. The summed E-state index contributed by atoms with van der Waals surface area (Å²) < 4.78 is 2.16. The SMILES string of the molecule is CCNC(=NCc1cccc(Cn2ccnc2C)c1)NC1CCCCC1. The van der Waals surface area contributed by atoms with Gasteiger partial charge in [-0.2, -0.15) is 0 Å². The average molecular weight is 354 g/mol. The Balaban J connectivity index is 1.63. The molecule has 0 bridgehead atoms. The second-order valence-corrected chi connectivity index (χ2v) is 7.10. The highest BCUT2D eigenvalue weighted by molar-refractivity contribution is 5.80. The van der Waals surface area contributed by atoms with Gasteiger partial charge < -0.3 is 15.2 Å². The quantitative estimate of drug-likeness (QED) is 0.616.